The van der Waals surface area contributed by atoms with Gasteiger partial charge in [-0.2, -0.15) is 0 Å². The van der Waals surface area contributed by atoms with Gasteiger partial charge in [0.1, 0.15) is 0 Å². The van der Waals surface area contributed by atoms with Gasteiger partial charge in [-0.05, 0) is 42.5 Å². The summed E-state index contributed by atoms with van der Waals surface area (Å²) >= 11 is 0. The number of hydrogen-bond acceptors (Lipinski definition) is 5. The van der Waals surface area contributed by atoms with Gasteiger partial charge in [0.15, 0.2) is 5.69 Å². The molecule has 7 heteroatoms. The van der Waals surface area contributed by atoms with E-state index in [9.17, 15) is 4.79 Å². The molecule has 1 aliphatic rings. The van der Waals surface area contributed by atoms with Crippen molar-refractivity contribution in [2.45, 2.75) is 31.8 Å². The number of rotatable bonds is 8. The third kappa shape index (κ3) is 5.57. The summed E-state index contributed by atoms with van der Waals surface area (Å²) in [5, 5.41) is 19.8. The average molecular weight is 420 g/mol. The van der Waals surface area contributed by atoms with Crippen LogP contribution >= 0.6 is 0 Å². The van der Waals surface area contributed by atoms with E-state index in [4.69, 9.17) is 5.11 Å². The molecule has 31 heavy (non-hydrogen) atoms. The second-order valence-electron chi connectivity index (χ2n) is 8.01. The van der Waals surface area contributed by atoms with Gasteiger partial charge >= 0.3 is 0 Å². The lowest BCUT2D eigenvalue weighted by atomic mass is 10.0. The van der Waals surface area contributed by atoms with Gasteiger partial charge in [0.25, 0.3) is 5.91 Å². The molecule has 0 bridgehead atoms. The highest BCUT2D eigenvalue weighted by atomic mass is 16.3. The molecule has 7 nitrogen and oxygen atoms in total. The third-order valence-electron chi connectivity index (χ3n) is 5.69. The quantitative estimate of drug-likeness (QED) is 0.549. The molecular formula is C24H29N5O2. The number of piperidine rings is 1. The summed E-state index contributed by atoms with van der Waals surface area (Å²) in [5.41, 5.74) is 4.08. The lowest BCUT2D eigenvalue weighted by molar-refractivity contribution is 0.0946. The molecule has 0 saturated carbocycles. The van der Waals surface area contributed by atoms with Gasteiger partial charge in [0, 0.05) is 26.2 Å². The average Bonchev–Trinajstić information content (AvgIpc) is 3.31. The van der Waals surface area contributed by atoms with Gasteiger partial charge < -0.3 is 10.4 Å². The van der Waals surface area contributed by atoms with E-state index in [0.717, 1.165) is 32.5 Å². The van der Waals surface area contributed by atoms with Crippen molar-refractivity contribution in [3.63, 3.8) is 0 Å². The number of carbonyl (C=O) groups is 1. The Morgan fingerprint density at radius 1 is 1.10 bits per heavy atom. The predicted molar refractivity (Wildman–Crippen MR) is 119 cm³/mol. The Bertz CT molecular complexity index is 971. The Morgan fingerprint density at radius 3 is 2.65 bits per heavy atom. The summed E-state index contributed by atoms with van der Waals surface area (Å²) in [6.07, 6.45) is 4.38. The minimum absolute atomic E-state index is 0.0554. The van der Waals surface area contributed by atoms with Crippen LogP contribution in [-0.2, 0) is 6.54 Å². The van der Waals surface area contributed by atoms with Crippen LogP contribution in [0.4, 0.5) is 0 Å². The highest BCUT2D eigenvalue weighted by Crippen LogP contribution is 2.24. The number of aliphatic hydroxyl groups is 1. The second kappa shape index (κ2) is 10.3. The van der Waals surface area contributed by atoms with Crippen LogP contribution in [-0.4, -0.2) is 57.1 Å². The zero-order valence-corrected chi connectivity index (χ0v) is 17.7. The van der Waals surface area contributed by atoms with Gasteiger partial charge in [-0.3, -0.25) is 9.69 Å². The van der Waals surface area contributed by atoms with Crippen molar-refractivity contribution >= 4 is 5.91 Å². The second-order valence-corrected chi connectivity index (χ2v) is 8.01. The zero-order chi connectivity index (χ0) is 21.5. The van der Waals surface area contributed by atoms with Crippen LogP contribution in [0.3, 0.4) is 0 Å². The summed E-state index contributed by atoms with van der Waals surface area (Å²) in [4.78, 5) is 14.6. The molecular weight excluding hydrogens is 390 g/mol. The molecule has 1 aromatic heterocycles. The van der Waals surface area contributed by atoms with Crippen LogP contribution < -0.4 is 5.32 Å². The summed E-state index contributed by atoms with van der Waals surface area (Å²) in [5.74, 6) is -0.245. The Morgan fingerprint density at radius 2 is 1.87 bits per heavy atom. The molecule has 1 amide bonds. The van der Waals surface area contributed by atoms with E-state index >= 15 is 0 Å². The number of nitrogens with one attached hydrogen (secondary N) is 1. The minimum atomic E-state index is -0.245. The third-order valence-corrected chi connectivity index (χ3v) is 5.69. The molecule has 1 atom stereocenters. The van der Waals surface area contributed by atoms with Gasteiger partial charge in [-0.1, -0.05) is 59.8 Å². The van der Waals surface area contributed by atoms with E-state index in [1.807, 2.05) is 10.7 Å². The number of hydrogen-bond donors (Lipinski definition) is 2. The molecule has 4 rings (SSSR count). The lowest BCUT2D eigenvalue weighted by Crippen LogP contribution is -2.36. The van der Waals surface area contributed by atoms with Crippen LogP contribution in [0, 0.1) is 0 Å². The van der Waals surface area contributed by atoms with E-state index in [2.05, 4.69) is 69.1 Å². The molecule has 2 aromatic carbocycles. The van der Waals surface area contributed by atoms with Crippen molar-refractivity contribution in [1.82, 2.24) is 25.2 Å². The molecule has 0 radical (unpaired) electrons. The molecule has 0 spiro atoms. The van der Waals surface area contributed by atoms with Gasteiger partial charge in [-0.15, -0.1) is 5.10 Å². The standard InChI is InChI=1S/C24H29N5O2/c30-15-5-13-25-24(31)23-18-29(27-26-23)22-8-4-14-28(17-22)16-19-9-11-21(12-10-19)20-6-2-1-3-7-20/h1-3,6-7,9-12,18,22,30H,4-5,8,13-17H2,(H,25,31). The predicted octanol–water partition coefficient (Wildman–Crippen LogP) is 2.89. The Balaban J connectivity index is 1.34. The van der Waals surface area contributed by atoms with Crippen LogP contribution in [0.2, 0.25) is 0 Å². The molecule has 1 fully saturated rings. The smallest absolute Gasteiger partial charge is 0.273 e. The number of aliphatic hydroxyl groups excluding tert-OH is 1. The van der Waals surface area contributed by atoms with E-state index in [0.29, 0.717) is 18.7 Å². The van der Waals surface area contributed by atoms with Crippen LogP contribution in [0.15, 0.2) is 60.8 Å². The summed E-state index contributed by atoms with van der Waals surface area (Å²) in [7, 11) is 0. The number of aromatic nitrogens is 3. The van der Waals surface area contributed by atoms with Crippen LogP contribution in [0.5, 0.6) is 0 Å². The molecule has 162 valence electrons. The molecule has 0 aliphatic carbocycles. The van der Waals surface area contributed by atoms with Crippen LogP contribution in [0.1, 0.15) is 41.4 Å². The first-order valence-electron chi connectivity index (χ1n) is 10.9. The number of carbonyl (C=O) groups excluding carboxylic acids is 1. The molecule has 1 unspecified atom stereocenters. The largest absolute Gasteiger partial charge is 0.396 e. The topological polar surface area (TPSA) is 83.3 Å². The Labute approximate surface area is 182 Å². The number of amides is 1. The lowest BCUT2D eigenvalue weighted by Gasteiger charge is -2.32. The maximum absolute atomic E-state index is 12.1. The molecule has 2 heterocycles. The van der Waals surface area contributed by atoms with Gasteiger partial charge in [0.05, 0.1) is 12.2 Å². The fourth-order valence-electron chi connectivity index (χ4n) is 4.01. The highest BCUT2D eigenvalue weighted by molar-refractivity contribution is 5.91. The monoisotopic (exact) mass is 419 g/mol. The van der Waals surface area contributed by atoms with Crippen molar-refractivity contribution < 1.29 is 9.90 Å². The summed E-state index contributed by atoms with van der Waals surface area (Å²) in [6.45, 7) is 3.33. The van der Waals surface area contributed by atoms with Crippen molar-refractivity contribution in [1.29, 1.82) is 0 Å². The number of benzene rings is 2. The molecule has 3 aromatic rings. The fraction of sp³-hybridized carbons (Fsp3) is 0.375. The molecule has 1 saturated heterocycles. The normalized spacial score (nSPS) is 16.9. The SMILES string of the molecule is O=C(NCCCO)c1cn(C2CCCN(Cc3ccc(-c4ccccc4)cc3)C2)nn1. The maximum Gasteiger partial charge on any atom is 0.273 e. The molecule has 1 aliphatic heterocycles. The van der Waals surface area contributed by atoms with Crippen molar-refractivity contribution in [3.8, 4) is 11.1 Å². The van der Waals surface area contributed by atoms with E-state index in [1.165, 1.54) is 16.7 Å². The highest BCUT2D eigenvalue weighted by Gasteiger charge is 2.23. The Hall–Kier alpha value is -3.03. The first kappa shape index (κ1) is 21.2. The van der Waals surface area contributed by atoms with E-state index < -0.39 is 0 Å². The van der Waals surface area contributed by atoms with Crippen LogP contribution in [0.25, 0.3) is 11.1 Å². The molecule has 2 N–H and O–H groups in total. The van der Waals surface area contributed by atoms with Crippen molar-refractivity contribution in [3.05, 3.63) is 72.1 Å². The van der Waals surface area contributed by atoms with E-state index in [1.54, 1.807) is 6.20 Å². The first-order chi connectivity index (χ1) is 15.2. The fourth-order valence-corrected chi connectivity index (χ4v) is 4.01. The summed E-state index contributed by atoms with van der Waals surface area (Å²) < 4.78 is 1.83. The number of likely N-dealkylation sites (tertiary alicyclic amines) is 1. The van der Waals surface area contributed by atoms with Crippen molar-refractivity contribution in [2.75, 3.05) is 26.2 Å². The number of nitrogens with zero attached hydrogens (tertiary/aromatic N) is 4. The first-order valence-corrected chi connectivity index (χ1v) is 10.9. The minimum Gasteiger partial charge on any atom is -0.396 e. The van der Waals surface area contributed by atoms with Crippen molar-refractivity contribution in [2.24, 2.45) is 0 Å². The van der Waals surface area contributed by atoms with E-state index in [-0.39, 0.29) is 18.6 Å². The van der Waals surface area contributed by atoms with Gasteiger partial charge in [0.2, 0.25) is 0 Å². The van der Waals surface area contributed by atoms with Gasteiger partial charge in [-0.25, -0.2) is 4.68 Å². The maximum atomic E-state index is 12.1. The zero-order valence-electron chi connectivity index (χ0n) is 17.7. The Kier molecular flexibility index (Phi) is 7.07. The summed E-state index contributed by atoms with van der Waals surface area (Å²) in [6, 6.07) is 19.4.